The molecule has 1 aromatic heterocycles. The third kappa shape index (κ3) is 2.43. The number of aromatic nitrogens is 2. The average Bonchev–Trinajstić information content (AvgIpc) is 2.74. The standard InChI is InChI=1S/C16H23N3/c1-5-14-16(15(6-2)19(4)18-14)13-9-11(3)7-8-12(13)10-17/h7-9H,5-6,10,17H2,1-4H3. The molecule has 3 nitrogen and oxygen atoms in total. The molecule has 0 spiro atoms. The molecule has 3 heteroatoms. The van der Waals surface area contributed by atoms with Gasteiger partial charge in [-0.25, -0.2) is 0 Å². The summed E-state index contributed by atoms with van der Waals surface area (Å²) >= 11 is 0. The van der Waals surface area contributed by atoms with Gasteiger partial charge in [-0.05, 0) is 30.9 Å². The van der Waals surface area contributed by atoms with E-state index in [2.05, 4.69) is 44.1 Å². The highest BCUT2D eigenvalue weighted by Crippen LogP contribution is 2.31. The molecule has 0 saturated carbocycles. The molecule has 0 aliphatic rings. The first-order chi connectivity index (χ1) is 9.12. The second-order valence-corrected chi connectivity index (χ2v) is 4.96. The largest absolute Gasteiger partial charge is 0.326 e. The molecule has 0 aliphatic heterocycles. The summed E-state index contributed by atoms with van der Waals surface area (Å²) in [6.07, 6.45) is 1.93. The summed E-state index contributed by atoms with van der Waals surface area (Å²) in [6, 6.07) is 6.49. The average molecular weight is 257 g/mol. The van der Waals surface area contributed by atoms with Gasteiger partial charge < -0.3 is 5.73 Å². The number of hydrogen-bond donors (Lipinski definition) is 1. The van der Waals surface area contributed by atoms with E-state index in [-0.39, 0.29) is 0 Å². The highest BCUT2D eigenvalue weighted by Gasteiger charge is 2.17. The molecule has 2 rings (SSSR count). The molecule has 0 unspecified atom stereocenters. The molecule has 0 aliphatic carbocycles. The third-order valence-electron chi connectivity index (χ3n) is 3.66. The summed E-state index contributed by atoms with van der Waals surface area (Å²) in [5, 5.41) is 4.66. The van der Waals surface area contributed by atoms with Crippen molar-refractivity contribution in [2.75, 3.05) is 0 Å². The van der Waals surface area contributed by atoms with Crippen LogP contribution in [-0.4, -0.2) is 9.78 Å². The molecule has 0 atom stereocenters. The number of rotatable bonds is 4. The van der Waals surface area contributed by atoms with Crippen LogP contribution in [0.25, 0.3) is 11.1 Å². The van der Waals surface area contributed by atoms with Crippen molar-refractivity contribution >= 4 is 0 Å². The van der Waals surface area contributed by atoms with E-state index in [4.69, 9.17) is 5.73 Å². The van der Waals surface area contributed by atoms with Crippen LogP contribution in [0, 0.1) is 6.92 Å². The fourth-order valence-corrected chi connectivity index (χ4v) is 2.68. The van der Waals surface area contributed by atoms with E-state index in [1.165, 1.54) is 33.6 Å². The Morgan fingerprint density at radius 1 is 1.21 bits per heavy atom. The lowest BCUT2D eigenvalue weighted by atomic mass is 9.94. The topological polar surface area (TPSA) is 43.8 Å². The molecule has 1 aromatic carbocycles. The third-order valence-corrected chi connectivity index (χ3v) is 3.66. The van der Waals surface area contributed by atoms with Gasteiger partial charge in [-0.3, -0.25) is 4.68 Å². The fourth-order valence-electron chi connectivity index (χ4n) is 2.68. The van der Waals surface area contributed by atoms with Gasteiger partial charge in [-0.2, -0.15) is 5.10 Å². The second kappa shape index (κ2) is 5.57. The lowest BCUT2D eigenvalue weighted by molar-refractivity contribution is 0.705. The molecular formula is C16H23N3. The quantitative estimate of drug-likeness (QED) is 0.915. The van der Waals surface area contributed by atoms with Gasteiger partial charge in [0.15, 0.2) is 0 Å². The Labute approximate surface area is 115 Å². The smallest absolute Gasteiger partial charge is 0.0703 e. The molecule has 0 radical (unpaired) electrons. The van der Waals surface area contributed by atoms with E-state index in [9.17, 15) is 0 Å². The SMILES string of the molecule is CCc1nn(C)c(CC)c1-c1cc(C)ccc1CN. The van der Waals surface area contributed by atoms with Gasteiger partial charge in [0.25, 0.3) is 0 Å². The summed E-state index contributed by atoms with van der Waals surface area (Å²) in [6.45, 7) is 7.02. The highest BCUT2D eigenvalue weighted by atomic mass is 15.3. The van der Waals surface area contributed by atoms with Crippen LogP contribution in [0.3, 0.4) is 0 Å². The van der Waals surface area contributed by atoms with Gasteiger partial charge in [-0.15, -0.1) is 0 Å². The number of hydrogen-bond acceptors (Lipinski definition) is 2. The molecule has 2 N–H and O–H groups in total. The molecule has 0 amide bonds. The first kappa shape index (κ1) is 13.8. The predicted molar refractivity (Wildman–Crippen MR) is 80.0 cm³/mol. The molecular weight excluding hydrogens is 234 g/mol. The maximum Gasteiger partial charge on any atom is 0.0703 e. The van der Waals surface area contributed by atoms with E-state index in [0.717, 1.165) is 12.8 Å². The van der Waals surface area contributed by atoms with Crippen LogP contribution in [0.2, 0.25) is 0 Å². The van der Waals surface area contributed by atoms with E-state index in [1.54, 1.807) is 0 Å². The molecule has 1 heterocycles. The molecule has 0 bridgehead atoms. The number of benzene rings is 1. The first-order valence-electron chi connectivity index (χ1n) is 6.97. The molecule has 19 heavy (non-hydrogen) atoms. The molecule has 102 valence electrons. The highest BCUT2D eigenvalue weighted by molar-refractivity contribution is 5.73. The Balaban J connectivity index is 2.73. The first-order valence-corrected chi connectivity index (χ1v) is 6.97. The lowest BCUT2D eigenvalue weighted by Crippen LogP contribution is -2.02. The van der Waals surface area contributed by atoms with Gasteiger partial charge in [-0.1, -0.05) is 37.6 Å². The van der Waals surface area contributed by atoms with Crippen molar-refractivity contribution in [2.45, 2.75) is 40.2 Å². The predicted octanol–water partition coefficient (Wildman–Crippen LogP) is 2.98. The van der Waals surface area contributed by atoms with Gasteiger partial charge in [0.1, 0.15) is 0 Å². The minimum absolute atomic E-state index is 0.566. The van der Waals surface area contributed by atoms with Crippen molar-refractivity contribution < 1.29 is 0 Å². The maximum atomic E-state index is 5.90. The zero-order chi connectivity index (χ0) is 14.0. The van der Waals surface area contributed by atoms with Crippen molar-refractivity contribution in [1.29, 1.82) is 0 Å². The Hall–Kier alpha value is -1.61. The van der Waals surface area contributed by atoms with Crippen molar-refractivity contribution in [2.24, 2.45) is 12.8 Å². The van der Waals surface area contributed by atoms with Crippen LogP contribution in [0.15, 0.2) is 18.2 Å². The normalized spacial score (nSPS) is 11.0. The van der Waals surface area contributed by atoms with E-state index in [1.807, 2.05) is 11.7 Å². The summed E-state index contributed by atoms with van der Waals surface area (Å²) in [5.74, 6) is 0. The van der Waals surface area contributed by atoms with Crippen molar-refractivity contribution in [3.63, 3.8) is 0 Å². The summed E-state index contributed by atoms with van der Waals surface area (Å²) in [7, 11) is 2.03. The Bertz CT molecular complexity index is 582. The van der Waals surface area contributed by atoms with Gasteiger partial charge >= 0.3 is 0 Å². The Morgan fingerprint density at radius 2 is 1.95 bits per heavy atom. The Morgan fingerprint density at radius 3 is 2.53 bits per heavy atom. The van der Waals surface area contributed by atoms with Crippen molar-refractivity contribution in [1.82, 2.24) is 9.78 Å². The van der Waals surface area contributed by atoms with Crippen molar-refractivity contribution in [3.05, 3.63) is 40.7 Å². The van der Waals surface area contributed by atoms with E-state index in [0.29, 0.717) is 6.54 Å². The zero-order valence-corrected chi connectivity index (χ0v) is 12.3. The Kier molecular flexibility index (Phi) is 4.05. The van der Waals surface area contributed by atoms with Gasteiger partial charge in [0, 0.05) is 24.8 Å². The molecule has 0 saturated heterocycles. The number of nitrogens with two attached hydrogens (primary N) is 1. The monoisotopic (exact) mass is 257 g/mol. The van der Waals surface area contributed by atoms with Gasteiger partial charge in [0.2, 0.25) is 0 Å². The summed E-state index contributed by atoms with van der Waals surface area (Å²) in [4.78, 5) is 0. The fraction of sp³-hybridized carbons (Fsp3) is 0.438. The number of aryl methyl sites for hydroxylation is 3. The summed E-state index contributed by atoms with van der Waals surface area (Å²) in [5.41, 5.74) is 13.4. The molecule has 0 fully saturated rings. The maximum absolute atomic E-state index is 5.90. The minimum atomic E-state index is 0.566. The zero-order valence-electron chi connectivity index (χ0n) is 12.3. The van der Waals surface area contributed by atoms with E-state index >= 15 is 0 Å². The van der Waals surface area contributed by atoms with Gasteiger partial charge in [0.05, 0.1) is 5.69 Å². The van der Waals surface area contributed by atoms with Crippen LogP contribution in [0.1, 0.15) is 36.4 Å². The van der Waals surface area contributed by atoms with Crippen LogP contribution in [0.4, 0.5) is 0 Å². The van der Waals surface area contributed by atoms with Crippen LogP contribution in [-0.2, 0) is 26.4 Å². The van der Waals surface area contributed by atoms with Crippen LogP contribution in [0.5, 0.6) is 0 Å². The van der Waals surface area contributed by atoms with E-state index < -0.39 is 0 Å². The summed E-state index contributed by atoms with van der Waals surface area (Å²) < 4.78 is 2.01. The number of nitrogens with zero attached hydrogens (tertiary/aromatic N) is 2. The van der Waals surface area contributed by atoms with Crippen LogP contribution >= 0.6 is 0 Å². The minimum Gasteiger partial charge on any atom is -0.326 e. The van der Waals surface area contributed by atoms with Crippen LogP contribution < -0.4 is 5.73 Å². The van der Waals surface area contributed by atoms with Crippen molar-refractivity contribution in [3.8, 4) is 11.1 Å². The molecule has 2 aromatic rings. The lowest BCUT2D eigenvalue weighted by Gasteiger charge is -2.11. The second-order valence-electron chi connectivity index (χ2n) is 4.96.